The van der Waals surface area contributed by atoms with Crippen LogP contribution in [0.3, 0.4) is 0 Å². The van der Waals surface area contributed by atoms with E-state index in [0.29, 0.717) is 34.1 Å². The van der Waals surface area contributed by atoms with Crippen LogP contribution >= 0.6 is 20.2 Å². The summed E-state index contributed by atoms with van der Waals surface area (Å²) in [6, 6.07) is 20.8. The van der Waals surface area contributed by atoms with Crippen molar-refractivity contribution in [1.82, 2.24) is 5.32 Å². The van der Waals surface area contributed by atoms with Gasteiger partial charge in [-0.2, -0.15) is 0 Å². The topological polar surface area (TPSA) is 79.0 Å². The van der Waals surface area contributed by atoms with Crippen molar-refractivity contribution in [3.05, 3.63) is 94.0 Å². The van der Waals surface area contributed by atoms with Crippen LogP contribution in [-0.4, -0.2) is 17.3 Å². The van der Waals surface area contributed by atoms with Crippen molar-refractivity contribution in [1.29, 1.82) is 5.41 Å². The first-order chi connectivity index (χ1) is 16.9. The Morgan fingerprint density at radius 2 is 1.83 bits per heavy atom. The predicted molar refractivity (Wildman–Crippen MR) is 150 cm³/mol. The van der Waals surface area contributed by atoms with E-state index in [1.165, 1.54) is 37.4 Å². The molecule has 1 saturated carbocycles. The van der Waals surface area contributed by atoms with Gasteiger partial charge < -0.3 is 11.1 Å². The summed E-state index contributed by atoms with van der Waals surface area (Å²) < 4.78 is 0. The van der Waals surface area contributed by atoms with Crippen LogP contribution < -0.4 is 16.4 Å². The van der Waals surface area contributed by atoms with Gasteiger partial charge in [0.2, 0.25) is 0 Å². The van der Waals surface area contributed by atoms with Crippen LogP contribution in [0.15, 0.2) is 66.7 Å². The van der Waals surface area contributed by atoms with Crippen LogP contribution in [0.5, 0.6) is 0 Å². The highest BCUT2D eigenvalue weighted by Crippen LogP contribution is 2.36. The summed E-state index contributed by atoms with van der Waals surface area (Å²) in [6.45, 7) is 2.62. The Kier molecular flexibility index (Phi) is 8.59. The van der Waals surface area contributed by atoms with Gasteiger partial charge in [-0.15, -0.1) is 0 Å². The molecule has 0 aliphatic heterocycles. The van der Waals surface area contributed by atoms with E-state index in [-0.39, 0.29) is 5.91 Å². The van der Waals surface area contributed by atoms with E-state index >= 15 is 0 Å². The van der Waals surface area contributed by atoms with Crippen molar-refractivity contribution in [3.63, 3.8) is 0 Å². The van der Waals surface area contributed by atoms with Gasteiger partial charge in [0, 0.05) is 33.9 Å². The third kappa shape index (κ3) is 6.51. The zero-order chi connectivity index (χ0) is 24.8. The fourth-order valence-corrected chi connectivity index (χ4v) is 6.10. The minimum Gasteiger partial charge on any atom is -0.398 e. The SMILES string of the molecule is CCC(CC1CCC1)Pc1ccc(C(=N)c2cc(C(=O)NCc3ccccc3Cl)ccc2N)cc1. The standard InChI is InChI=1S/C29H33ClN3OP/c1-2-23(16-19-6-5-7-19)35-24-13-10-20(11-14-24)28(32)25-17-21(12-15-27(25)31)29(34)33-18-22-8-3-4-9-26(22)30/h3-4,8-15,17,19,23,32,35H,2,5-7,16,18,31H2,1H3,(H,33,34). The summed E-state index contributed by atoms with van der Waals surface area (Å²) in [4.78, 5) is 12.8. The number of rotatable bonds is 10. The molecule has 2 atom stereocenters. The summed E-state index contributed by atoms with van der Waals surface area (Å²) in [6.07, 6.45) is 6.75. The summed E-state index contributed by atoms with van der Waals surface area (Å²) in [7, 11) is 0.803. The Hall–Kier alpha value is -2.68. The van der Waals surface area contributed by atoms with E-state index in [2.05, 4.69) is 24.4 Å². The molecule has 3 aromatic rings. The van der Waals surface area contributed by atoms with Gasteiger partial charge in [0.15, 0.2) is 0 Å². The van der Waals surface area contributed by atoms with E-state index in [1.807, 2.05) is 30.3 Å². The number of nitrogen functional groups attached to an aromatic ring is 1. The van der Waals surface area contributed by atoms with Gasteiger partial charge in [-0.1, -0.05) is 88.8 Å². The zero-order valence-electron chi connectivity index (χ0n) is 20.1. The van der Waals surface area contributed by atoms with Crippen molar-refractivity contribution in [2.75, 3.05) is 5.73 Å². The molecule has 1 fully saturated rings. The second kappa shape index (κ2) is 11.8. The lowest BCUT2D eigenvalue weighted by atomic mass is 9.82. The molecule has 4 rings (SSSR count). The van der Waals surface area contributed by atoms with Crippen molar-refractivity contribution >= 4 is 42.8 Å². The number of benzene rings is 3. The Morgan fingerprint density at radius 1 is 1.11 bits per heavy atom. The molecule has 1 aliphatic rings. The number of carbonyl (C=O) groups excluding carboxylic acids is 1. The Labute approximate surface area is 215 Å². The Morgan fingerprint density at radius 3 is 2.49 bits per heavy atom. The third-order valence-corrected chi connectivity index (χ3v) is 8.95. The minimum absolute atomic E-state index is 0.229. The molecule has 0 heterocycles. The maximum Gasteiger partial charge on any atom is 0.251 e. The van der Waals surface area contributed by atoms with Crippen molar-refractivity contribution in [2.45, 2.75) is 51.2 Å². The van der Waals surface area contributed by atoms with Crippen LogP contribution in [0, 0.1) is 11.3 Å². The maximum absolute atomic E-state index is 12.8. The average molecular weight is 506 g/mol. The largest absolute Gasteiger partial charge is 0.398 e. The normalized spacial score (nSPS) is 14.6. The van der Waals surface area contributed by atoms with E-state index < -0.39 is 0 Å². The number of nitrogens with one attached hydrogen (secondary N) is 2. The molecular formula is C29H33ClN3OP. The second-order valence-electron chi connectivity index (χ2n) is 9.31. The second-order valence-corrected chi connectivity index (χ2v) is 11.4. The first-order valence-electron chi connectivity index (χ1n) is 12.3. The van der Waals surface area contributed by atoms with Crippen LogP contribution in [-0.2, 0) is 6.54 Å². The molecule has 1 amide bonds. The van der Waals surface area contributed by atoms with Gasteiger partial charge in [-0.05, 0) is 59.6 Å². The number of halogens is 1. The first kappa shape index (κ1) is 25.4. The molecule has 182 valence electrons. The van der Waals surface area contributed by atoms with E-state index in [0.717, 1.165) is 31.3 Å². The van der Waals surface area contributed by atoms with Gasteiger partial charge in [0.1, 0.15) is 0 Å². The number of nitrogens with two attached hydrogens (primary N) is 1. The highest BCUT2D eigenvalue weighted by atomic mass is 35.5. The molecular weight excluding hydrogens is 473 g/mol. The minimum atomic E-state index is -0.229. The molecule has 2 unspecified atom stereocenters. The monoisotopic (exact) mass is 505 g/mol. The molecule has 0 radical (unpaired) electrons. The van der Waals surface area contributed by atoms with E-state index in [1.54, 1.807) is 24.3 Å². The number of hydrogen-bond donors (Lipinski definition) is 3. The molecule has 1 aliphatic carbocycles. The number of hydrogen-bond acceptors (Lipinski definition) is 3. The molecule has 4 N–H and O–H groups in total. The fourth-order valence-electron chi connectivity index (χ4n) is 4.42. The van der Waals surface area contributed by atoms with Gasteiger partial charge in [0.25, 0.3) is 5.91 Å². The molecule has 3 aromatic carbocycles. The van der Waals surface area contributed by atoms with Gasteiger partial charge in [0.05, 0.1) is 5.71 Å². The molecule has 0 saturated heterocycles. The molecule has 0 spiro atoms. The number of carbonyl (C=O) groups is 1. The average Bonchev–Trinajstić information content (AvgIpc) is 2.85. The zero-order valence-corrected chi connectivity index (χ0v) is 21.9. The van der Waals surface area contributed by atoms with Crippen molar-refractivity contribution < 1.29 is 4.79 Å². The maximum atomic E-state index is 12.8. The highest BCUT2D eigenvalue weighted by Gasteiger charge is 2.21. The summed E-state index contributed by atoms with van der Waals surface area (Å²) in [5, 5.41) is 13.6. The molecule has 0 bridgehead atoms. The van der Waals surface area contributed by atoms with Crippen molar-refractivity contribution in [2.24, 2.45) is 5.92 Å². The Balaban J connectivity index is 1.42. The number of anilines is 1. The molecule has 6 heteroatoms. The summed E-state index contributed by atoms with van der Waals surface area (Å²) in [5.41, 5.74) is 10.4. The fraction of sp³-hybridized carbons (Fsp3) is 0.310. The summed E-state index contributed by atoms with van der Waals surface area (Å²) in [5.74, 6) is 0.699. The predicted octanol–water partition coefficient (Wildman–Crippen LogP) is 6.54. The van der Waals surface area contributed by atoms with E-state index in [4.69, 9.17) is 22.7 Å². The molecule has 4 nitrogen and oxygen atoms in total. The highest BCUT2D eigenvalue weighted by molar-refractivity contribution is 7.48. The van der Waals surface area contributed by atoms with Crippen LogP contribution in [0.4, 0.5) is 5.69 Å². The first-order valence-corrected chi connectivity index (χ1v) is 13.8. The van der Waals surface area contributed by atoms with E-state index in [9.17, 15) is 4.79 Å². The lowest BCUT2D eigenvalue weighted by Crippen LogP contribution is -2.23. The Bertz CT molecular complexity index is 1190. The van der Waals surface area contributed by atoms with Gasteiger partial charge >= 0.3 is 0 Å². The van der Waals surface area contributed by atoms with Gasteiger partial charge in [-0.25, -0.2) is 0 Å². The van der Waals surface area contributed by atoms with Crippen LogP contribution in [0.25, 0.3) is 0 Å². The van der Waals surface area contributed by atoms with Crippen molar-refractivity contribution in [3.8, 4) is 0 Å². The quantitative estimate of drug-likeness (QED) is 0.166. The smallest absolute Gasteiger partial charge is 0.251 e. The number of amides is 1. The van der Waals surface area contributed by atoms with Crippen LogP contribution in [0.1, 0.15) is 66.1 Å². The molecule has 35 heavy (non-hydrogen) atoms. The molecule has 0 aromatic heterocycles. The lowest BCUT2D eigenvalue weighted by Gasteiger charge is -2.29. The summed E-state index contributed by atoms with van der Waals surface area (Å²) >= 11 is 6.19. The third-order valence-electron chi connectivity index (χ3n) is 6.86. The van der Waals surface area contributed by atoms with Gasteiger partial charge in [-0.3, -0.25) is 10.2 Å². The van der Waals surface area contributed by atoms with Crippen LogP contribution in [0.2, 0.25) is 5.02 Å². The lowest BCUT2D eigenvalue weighted by molar-refractivity contribution is 0.0951.